The number of rotatable bonds is 18. The molecule has 3 amide bonds. The van der Waals surface area contributed by atoms with Crippen LogP contribution in [0, 0.1) is 5.92 Å². The zero-order valence-electron chi connectivity index (χ0n) is 28.2. The van der Waals surface area contributed by atoms with Crippen molar-refractivity contribution >= 4 is 35.6 Å². The topological polar surface area (TPSA) is 176 Å². The third-order valence-corrected chi connectivity index (χ3v) is 7.96. The quantitative estimate of drug-likeness (QED) is 0.126. The van der Waals surface area contributed by atoms with Gasteiger partial charge in [-0.1, -0.05) is 20.3 Å². The molecule has 0 saturated carbocycles. The fraction of sp³-hybridized carbons (Fsp3) is 0.812. The number of hydrogen-bond acceptors (Lipinski definition) is 11. The predicted octanol–water partition coefficient (Wildman–Crippen LogP) is 2.15. The molecule has 0 aliphatic carbocycles. The number of unbranched alkanes of at least 4 members (excludes halogenated alkanes) is 3. The first-order valence-electron chi connectivity index (χ1n) is 16.4. The van der Waals surface area contributed by atoms with Crippen LogP contribution in [0.4, 0.5) is 0 Å². The van der Waals surface area contributed by atoms with Crippen LogP contribution in [0.15, 0.2) is 0 Å². The number of likely N-dealkylation sites (tertiary alicyclic amines) is 1. The monoisotopic (exact) mass is 655 g/mol. The van der Waals surface area contributed by atoms with E-state index in [1.54, 1.807) is 0 Å². The first-order valence-corrected chi connectivity index (χ1v) is 16.4. The number of ether oxygens (including phenoxy) is 5. The Morgan fingerprint density at radius 2 is 1.52 bits per heavy atom. The van der Waals surface area contributed by atoms with Crippen molar-refractivity contribution in [3.05, 3.63) is 0 Å². The highest BCUT2D eigenvalue weighted by atomic mass is 16.7. The lowest BCUT2D eigenvalue weighted by Crippen LogP contribution is -2.66. The van der Waals surface area contributed by atoms with Crippen LogP contribution in [-0.4, -0.2) is 104 Å². The molecular formula is C32H53N3O11. The summed E-state index contributed by atoms with van der Waals surface area (Å²) in [5, 5.41) is 5.56. The third-order valence-electron chi connectivity index (χ3n) is 7.96. The van der Waals surface area contributed by atoms with Crippen molar-refractivity contribution in [3.8, 4) is 0 Å². The molecular weight excluding hydrogens is 602 g/mol. The molecule has 262 valence electrons. The second-order valence-electron chi connectivity index (χ2n) is 12.2. The zero-order valence-corrected chi connectivity index (χ0v) is 28.2. The lowest BCUT2D eigenvalue weighted by atomic mass is 9.96. The van der Waals surface area contributed by atoms with Gasteiger partial charge in [0.2, 0.25) is 17.7 Å². The van der Waals surface area contributed by atoms with Crippen LogP contribution in [0.2, 0.25) is 0 Å². The molecule has 2 aliphatic heterocycles. The Morgan fingerprint density at radius 3 is 2.15 bits per heavy atom. The fourth-order valence-corrected chi connectivity index (χ4v) is 5.90. The molecule has 0 aromatic rings. The summed E-state index contributed by atoms with van der Waals surface area (Å²) in [6.07, 6.45) is 1.80. The molecule has 0 radical (unpaired) electrons. The summed E-state index contributed by atoms with van der Waals surface area (Å²) >= 11 is 0. The molecule has 14 nitrogen and oxygen atoms in total. The summed E-state index contributed by atoms with van der Waals surface area (Å²) < 4.78 is 27.8. The van der Waals surface area contributed by atoms with E-state index < -0.39 is 54.5 Å². The van der Waals surface area contributed by atoms with E-state index in [1.807, 2.05) is 4.90 Å². The smallest absolute Gasteiger partial charge is 0.303 e. The van der Waals surface area contributed by atoms with Gasteiger partial charge in [-0.2, -0.15) is 0 Å². The lowest BCUT2D eigenvalue weighted by Gasteiger charge is -2.44. The van der Waals surface area contributed by atoms with Crippen molar-refractivity contribution in [2.24, 2.45) is 5.92 Å². The van der Waals surface area contributed by atoms with Crippen LogP contribution < -0.4 is 10.6 Å². The number of nitrogens with zero attached hydrogens (tertiary/aromatic N) is 1. The molecule has 0 aromatic heterocycles. The minimum atomic E-state index is -1.19. The number of esters is 3. The van der Waals surface area contributed by atoms with Crippen molar-refractivity contribution in [2.45, 2.75) is 136 Å². The van der Waals surface area contributed by atoms with Gasteiger partial charge in [-0.3, -0.25) is 28.8 Å². The van der Waals surface area contributed by atoms with Gasteiger partial charge in [0.05, 0.1) is 0 Å². The van der Waals surface area contributed by atoms with Gasteiger partial charge < -0.3 is 39.2 Å². The SMILES string of the molecule is CC[C@@H]1C[C@@H](C)CN1C(=O)CCCCCNC(=O)CCCCO[C@@H]1OC(COC(C)=O)[C@H](OC(C)=O)C(OC(C)=O)C1NC(C)=O. The summed E-state index contributed by atoms with van der Waals surface area (Å²) in [6.45, 7) is 10.3. The first-order chi connectivity index (χ1) is 21.8. The van der Waals surface area contributed by atoms with E-state index in [4.69, 9.17) is 23.7 Å². The summed E-state index contributed by atoms with van der Waals surface area (Å²) in [7, 11) is 0. The van der Waals surface area contributed by atoms with Crippen LogP contribution in [0.5, 0.6) is 0 Å². The molecule has 14 heteroatoms. The van der Waals surface area contributed by atoms with Gasteiger partial charge in [0, 0.05) is 66.3 Å². The van der Waals surface area contributed by atoms with E-state index in [0.717, 1.165) is 38.6 Å². The molecule has 0 spiro atoms. The van der Waals surface area contributed by atoms with E-state index in [9.17, 15) is 28.8 Å². The second-order valence-corrected chi connectivity index (χ2v) is 12.2. The van der Waals surface area contributed by atoms with Crippen LogP contribution in [-0.2, 0) is 52.5 Å². The number of hydrogen-bond donors (Lipinski definition) is 2. The number of carbonyl (C=O) groups excluding carboxylic acids is 6. The number of carbonyl (C=O) groups is 6. The van der Waals surface area contributed by atoms with E-state index in [-0.39, 0.29) is 31.4 Å². The third kappa shape index (κ3) is 13.6. The Morgan fingerprint density at radius 1 is 0.848 bits per heavy atom. The van der Waals surface area contributed by atoms with Gasteiger partial charge in [-0.15, -0.1) is 0 Å². The summed E-state index contributed by atoms with van der Waals surface area (Å²) in [5.41, 5.74) is 0. The Kier molecular flexibility index (Phi) is 17.0. The number of amides is 3. The molecule has 3 unspecified atom stereocenters. The van der Waals surface area contributed by atoms with Gasteiger partial charge in [0.1, 0.15) is 18.8 Å². The largest absolute Gasteiger partial charge is 0.463 e. The maximum atomic E-state index is 12.6. The molecule has 2 N–H and O–H groups in total. The first kappa shape index (κ1) is 38.9. The van der Waals surface area contributed by atoms with Crippen molar-refractivity contribution in [2.75, 3.05) is 26.3 Å². The highest BCUT2D eigenvalue weighted by Gasteiger charge is 2.51. The normalized spacial score (nSPS) is 25.8. The summed E-state index contributed by atoms with van der Waals surface area (Å²) in [4.78, 5) is 74.2. The van der Waals surface area contributed by atoms with E-state index in [0.29, 0.717) is 37.8 Å². The fourth-order valence-electron chi connectivity index (χ4n) is 5.90. The minimum Gasteiger partial charge on any atom is -0.463 e. The molecule has 2 aliphatic rings. The standard InChI is InChI=1S/C32H53N3O11/c1-7-25-17-20(2)18-35(25)28(41)14-9-8-11-15-33-27(40)13-10-12-16-42-32-29(34-21(3)36)31(45-24(6)39)30(44-23(5)38)26(46-32)19-43-22(4)37/h20,25-26,29-32H,7-19H2,1-6H3,(H,33,40)(H,34,36)/t20-,25-,26?,29?,30+,31?,32-/m1/s1. The van der Waals surface area contributed by atoms with Crippen molar-refractivity contribution in [3.63, 3.8) is 0 Å². The van der Waals surface area contributed by atoms with E-state index in [2.05, 4.69) is 24.5 Å². The Labute approximate surface area is 271 Å². The molecule has 7 atom stereocenters. The Bertz CT molecular complexity index is 1040. The van der Waals surface area contributed by atoms with Crippen LogP contribution in [0.25, 0.3) is 0 Å². The average Bonchev–Trinajstić information content (AvgIpc) is 3.36. The van der Waals surface area contributed by atoms with Crippen molar-refractivity contribution < 1.29 is 52.5 Å². The summed E-state index contributed by atoms with van der Waals surface area (Å²) in [6, 6.07) is -0.674. The van der Waals surface area contributed by atoms with E-state index >= 15 is 0 Å². The molecule has 2 heterocycles. The van der Waals surface area contributed by atoms with Crippen LogP contribution >= 0.6 is 0 Å². The van der Waals surface area contributed by atoms with Crippen LogP contribution in [0.3, 0.4) is 0 Å². The maximum absolute atomic E-state index is 12.6. The molecule has 0 aromatic carbocycles. The van der Waals surface area contributed by atoms with Crippen molar-refractivity contribution in [1.29, 1.82) is 0 Å². The predicted molar refractivity (Wildman–Crippen MR) is 165 cm³/mol. The molecule has 2 rings (SSSR count). The highest BCUT2D eigenvalue weighted by Crippen LogP contribution is 2.28. The Hall–Kier alpha value is -3.26. The summed E-state index contributed by atoms with van der Waals surface area (Å²) in [5.74, 6) is -1.73. The molecule has 2 saturated heterocycles. The van der Waals surface area contributed by atoms with E-state index in [1.165, 1.54) is 27.7 Å². The minimum absolute atomic E-state index is 0.0847. The van der Waals surface area contributed by atoms with Gasteiger partial charge >= 0.3 is 17.9 Å². The maximum Gasteiger partial charge on any atom is 0.303 e. The second kappa shape index (κ2) is 20.1. The average molecular weight is 656 g/mol. The van der Waals surface area contributed by atoms with Gasteiger partial charge in [-0.25, -0.2) is 0 Å². The Balaban J connectivity index is 1.79. The van der Waals surface area contributed by atoms with Crippen molar-refractivity contribution in [1.82, 2.24) is 15.5 Å². The molecule has 2 fully saturated rings. The van der Waals surface area contributed by atoms with Gasteiger partial charge in [-0.05, 0) is 44.4 Å². The van der Waals surface area contributed by atoms with Crippen LogP contribution in [0.1, 0.15) is 99.3 Å². The number of nitrogens with one attached hydrogen (secondary N) is 2. The van der Waals surface area contributed by atoms with Gasteiger partial charge in [0.15, 0.2) is 18.5 Å². The highest BCUT2D eigenvalue weighted by molar-refractivity contribution is 5.77. The lowest BCUT2D eigenvalue weighted by molar-refractivity contribution is -0.277. The molecule has 46 heavy (non-hydrogen) atoms. The van der Waals surface area contributed by atoms with Gasteiger partial charge in [0.25, 0.3) is 0 Å². The zero-order chi connectivity index (χ0) is 34.2. The molecule has 0 bridgehead atoms.